The van der Waals surface area contributed by atoms with Crippen LogP contribution in [0.3, 0.4) is 0 Å². The van der Waals surface area contributed by atoms with Crippen LogP contribution in [0.1, 0.15) is 12.5 Å². The lowest BCUT2D eigenvalue weighted by molar-refractivity contribution is -0.115. The van der Waals surface area contributed by atoms with Gasteiger partial charge in [-0.25, -0.2) is 4.98 Å². The molecule has 0 bridgehead atoms. The number of nitrogens with zero attached hydrogens (tertiary/aromatic N) is 1. The highest BCUT2D eigenvalue weighted by atomic mass is 79.9. The maximum Gasteiger partial charge on any atom is 0.239 e. The van der Waals surface area contributed by atoms with Gasteiger partial charge in [-0.2, -0.15) is 0 Å². The van der Waals surface area contributed by atoms with E-state index >= 15 is 0 Å². The minimum absolute atomic E-state index is 0.0777. The van der Waals surface area contributed by atoms with E-state index < -0.39 is 0 Å². The number of carbonyl (C=O) groups excluding carboxylic acids is 1. The summed E-state index contributed by atoms with van der Waals surface area (Å²) in [5.41, 5.74) is 1.05. The number of anilines is 1. The molecule has 1 aromatic heterocycles. The van der Waals surface area contributed by atoms with Crippen LogP contribution in [0.5, 0.6) is 0 Å². The first-order valence-electron chi connectivity index (χ1n) is 4.76. The zero-order valence-electron chi connectivity index (χ0n) is 8.80. The Balaban J connectivity index is 2.57. The second-order valence-corrected chi connectivity index (χ2v) is 4.00. The SMILES string of the molecule is CCNCC(=O)Nc1cc(C)c(Br)cn1. The molecule has 15 heavy (non-hydrogen) atoms. The highest BCUT2D eigenvalue weighted by Crippen LogP contribution is 2.16. The van der Waals surface area contributed by atoms with E-state index in [0.717, 1.165) is 16.6 Å². The molecule has 0 aromatic carbocycles. The Hall–Kier alpha value is -0.940. The van der Waals surface area contributed by atoms with Crippen molar-refractivity contribution in [1.82, 2.24) is 10.3 Å². The van der Waals surface area contributed by atoms with Gasteiger partial charge in [-0.15, -0.1) is 0 Å². The van der Waals surface area contributed by atoms with Crippen molar-refractivity contribution in [3.63, 3.8) is 0 Å². The van der Waals surface area contributed by atoms with Crippen LogP contribution in [-0.2, 0) is 4.79 Å². The zero-order valence-corrected chi connectivity index (χ0v) is 10.4. The molecule has 0 fully saturated rings. The highest BCUT2D eigenvalue weighted by molar-refractivity contribution is 9.10. The van der Waals surface area contributed by atoms with E-state index in [9.17, 15) is 4.79 Å². The van der Waals surface area contributed by atoms with E-state index in [1.165, 1.54) is 0 Å². The molecule has 0 aliphatic rings. The Labute approximate surface area is 97.6 Å². The van der Waals surface area contributed by atoms with E-state index in [4.69, 9.17) is 0 Å². The van der Waals surface area contributed by atoms with Crippen molar-refractivity contribution in [1.29, 1.82) is 0 Å². The first-order valence-corrected chi connectivity index (χ1v) is 5.55. The topological polar surface area (TPSA) is 54.0 Å². The van der Waals surface area contributed by atoms with E-state index in [2.05, 4.69) is 31.5 Å². The minimum Gasteiger partial charge on any atom is -0.310 e. The summed E-state index contributed by atoms with van der Waals surface area (Å²) in [6.45, 7) is 4.99. The maximum atomic E-state index is 11.3. The van der Waals surface area contributed by atoms with E-state index in [1.807, 2.05) is 19.9 Å². The smallest absolute Gasteiger partial charge is 0.239 e. The molecule has 5 heteroatoms. The number of hydrogen-bond donors (Lipinski definition) is 2. The second-order valence-electron chi connectivity index (χ2n) is 3.15. The average molecular weight is 272 g/mol. The fourth-order valence-corrected chi connectivity index (χ4v) is 1.25. The Morgan fingerprint density at radius 1 is 1.60 bits per heavy atom. The van der Waals surface area contributed by atoms with Crippen molar-refractivity contribution in [2.45, 2.75) is 13.8 Å². The van der Waals surface area contributed by atoms with Gasteiger partial charge in [-0.3, -0.25) is 4.79 Å². The van der Waals surface area contributed by atoms with Crippen LogP contribution in [0.15, 0.2) is 16.7 Å². The first-order chi connectivity index (χ1) is 7.13. The maximum absolute atomic E-state index is 11.3. The molecule has 4 nitrogen and oxygen atoms in total. The number of rotatable bonds is 4. The third-order valence-electron chi connectivity index (χ3n) is 1.85. The zero-order chi connectivity index (χ0) is 11.3. The Morgan fingerprint density at radius 2 is 2.33 bits per heavy atom. The number of hydrogen-bond acceptors (Lipinski definition) is 3. The third-order valence-corrected chi connectivity index (χ3v) is 2.68. The molecular formula is C10H14BrN3O. The van der Waals surface area contributed by atoms with Crippen LogP contribution in [0.25, 0.3) is 0 Å². The van der Waals surface area contributed by atoms with E-state index in [-0.39, 0.29) is 5.91 Å². The molecule has 0 aliphatic carbocycles. The summed E-state index contributed by atoms with van der Waals surface area (Å²) in [5.74, 6) is 0.504. The summed E-state index contributed by atoms with van der Waals surface area (Å²) in [5, 5.41) is 5.66. The van der Waals surface area contributed by atoms with Crippen molar-refractivity contribution in [2.75, 3.05) is 18.4 Å². The lowest BCUT2D eigenvalue weighted by Gasteiger charge is -2.06. The Morgan fingerprint density at radius 3 is 2.93 bits per heavy atom. The summed E-state index contributed by atoms with van der Waals surface area (Å²) < 4.78 is 0.937. The number of pyridine rings is 1. The summed E-state index contributed by atoms with van der Waals surface area (Å²) in [6.07, 6.45) is 1.68. The number of aryl methyl sites for hydroxylation is 1. The molecule has 1 amide bonds. The van der Waals surface area contributed by atoms with Gasteiger partial charge in [0.05, 0.1) is 6.54 Å². The number of aromatic nitrogens is 1. The second kappa shape index (κ2) is 5.82. The number of amides is 1. The van der Waals surface area contributed by atoms with Crippen molar-refractivity contribution < 1.29 is 4.79 Å². The molecule has 1 heterocycles. The molecule has 0 saturated carbocycles. The average Bonchev–Trinajstić information content (AvgIpc) is 2.20. The van der Waals surface area contributed by atoms with Crippen LogP contribution < -0.4 is 10.6 Å². The molecule has 0 unspecified atom stereocenters. The number of likely N-dealkylation sites (N-methyl/N-ethyl adjacent to an activating group) is 1. The number of halogens is 1. The van der Waals surface area contributed by atoms with E-state index in [0.29, 0.717) is 12.4 Å². The predicted molar refractivity (Wildman–Crippen MR) is 63.8 cm³/mol. The molecule has 0 saturated heterocycles. The van der Waals surface area contributed by atoms with Gasteiger partial charge in [0.15, 0.2) is 0 Å². The molecule has 2 N–H and O–H groups in total. The monoisotopic (exact) mass is 271 g/mol. The summed E-state index contributed by atoms with van der Waals surface area (Å²) in [7, 11) is 0. The largest absolute Gasteiger partial charge is 0.310 e. The Bertz CT molecular complexity index is 355. The quantitative estimate of drug-likeness (QED) is 0.877. The van der Waals surface area contributed by atoms with Crippen molar-refractivity contribution in [3.05, 3.63) is 22.3 Å². The van der Waals surface area contributed by atoms with Gasteiger partial charge in [0.2, 0.25) is 5.91 Å². The molecule has 0 aliphatic heterocycles. The first kappa shape index (κ1) is 12.1. The molecule has 0 atom stereocenters. The molecule has 1 aromatic rings. The summed E-state index contributed by atoms with van der Waals surface area (Å²) >= 11 is 3.35. The van der Waals surface area contributed by atoms with Crippen molar-refractivity contribution >= 4 is 27.7 Å². The van der Waals surface area contributed by atoms with Gasteiger partial charge in [0, 0.05) is 10.7 Å². The number of carbonyl (C=O) groups is 1. The van der Waals surface area contributed by atoms with Crippen LogP contribution >= 0.6 is 15.9 Å². The molecule has 0 spiro atoms. The fourth-order valence-electron chi connectivity index (χ4n) is 1.03. The van der Waals surface area contributed by atoms with Gasteiger partial charge in [0.1, 0.15) is 5.82 Å². The number of nitrogens with one attached hydrogen (secondary N) is 2. The normalized spacial score (nSPS) is 10.1. The highest BCUT2D eigenvalue weighted by Gasteiger charge is 2.03. The predicted octanol–water partition coefficient (Wildman–Crippen LogP) is 1.70. The molecule has 82 valence electrons. The third kappa shape index (κ3) is 3.97. The van der Waals surface area contributed by atoms with Crippen molar-refractivity contribution in [3.8, 4) is 0 Å². The van der Waals surface area contributed by atoms with E-state index in [1.54, 1.807) is 6.20 Å². The van der Waals surface area contributed by atoms with Crippen LogP contribution in [-0.4, -0.2) is 24.0 Å². The summed E-state index contributed by atoms with van der Waals surface area (Å²) in [6, 6.07) is 1.83. The standard InChI is InChI=1S/C10H14BrN3O/c1-3-12-6-10(15)14-9-4-7(2)8(11)5-13-9/h4-5,12H,3,6H2,1-2H3,(H,13,14,15). The molecule has 1 rings (SSSR count). The lowest BCUT2D eigenvalue weighted by Crippen LogP contribution is -2.28. The van der Waals surface area contributed by atoms with Crippen LogP contribution in [0.4, 0.5) is 5.82 Å². The van der Waals surface area contributed by atoms with Crippen LogP contribution in [0, 0.1) is 6.92 Å². The molecule has 0 radical (unpaired) electrons. The van der Waals surface area contributed by atoms with Crippen LogP contribution in [0.2, 0.25) is 0 Å². The molecular weight excluding hydrogens is 258 g/mol. The van der Waals surface area contributed by atoms with Gasteiger partial charge < -0.3 is 10.6 Å². The Kier molecular flexibility index (Phi) is 4.71. The van der Waals surface area contributed by atoms with Gasteiger partial charge >= 0.3 is 0 Å². The van der Waals surface area contributed by atoms with Crippen molar-refractivity contribution in [2.24, 2.45) is 0 Å². The van der Waals surface area contributed by atoms with Gasteiger partial charge in [0.25, 0.3) is 0 Å². The van der Waals surface area contributed by atoms with Gasteiger partial charge in [-0.05, 0) is 41.0 Å². The van der Waals surface area contributed by atoms with Gasteiger partial charge in [-0.1, -0.05) is 6.92 Å². The summed E-state index contributed by atoms with van der Waals surface area (Å²) in [4.78, 5) is 15.4. The lowest BCUT2D eigenvalue weighted by atomic mass is 10.3. The minimum atomic E-state index is -0.0777. The fraction of sp³-hybridized carbons (Fsp3) is 0.400.